The first kappa shape index (κ1) is 19.7. The predicted octanol–water partition coefficient (Wildman–Crippen LogP) is 2.12. The molecule has 28 heavy (non-hydrogen) atoms. The maximum absolute atomic E-state index is 13.1. The molecule has 0 saturated carbocycles. The van der Waals surface area contributed by atoms with Crippen LogP contribution in [0.2, 0.25) is 0 Å². The summed E-state index contributed by atoms with van der Waals surface area (Å²) in [6.07, 6.45) is 1.70. The van der Waals surface area contributed by atoms with Crippen LogP contribution in [0.4, 0.5) is 0 Å². The first-order valence-electron chi connectivity index (χ1n) is 9.14. The van der Waals surface area contributed by atoms with Crippen molar-refractivity contribution in [3.05, 3.63) is 45.6 Å². The molecule has 1 N–H and O–H groups in total. The number of hydrogen-bond donors (Lipinski definition) is 1. The molecule has 2 aromatic rings. The molecule has 1 fully saturated rings. The molecule has 1 aliphatic heterocycles. The number of methoxy groups -OCH3 is 3. The van der Waals surface area contributed by atoms with E-state index in [9.17, 15) is 9.59 Å². The molecule has 150 valence electrons. The van der Waals surface area contributed by atoms with Crippen LogP contribution in [0, 0.1) is 6.92 Å². The maximum atomic E-state index is 13.1. The molecule has 3 rings (SSSR count). The fraction of sp³-hybridized carbons (Fsp3) is 0.450. The van der Waals surface area contributed by atoms with Crippen molar-refractivity contribution < 1.29 is 19.0 Å². The number of hydrogen-bond acceptors (Lipinski definition) is 6. The molecule has 8 nitrogen and oxygen atoms in total. The zero-order valence-corrected chi connectivity index (χ0v) is 16.6. The Bertz CT molecular complexity index is 899. The zero-order valence-electron chi connectivity index (χ0n) is 16.6. The van der Waals surface area contributed by atoms with Gasteiger partial charge in [-0.2, -0.15) is 0 Å². The highest BCUT2D eigenvalue weighted by molar-refractivity contribution is 5.95. The summed E-state index contributed by atoms with van der Waals surface area (Å²) in [5, 5.41) is 0. The van der Waals surface area contributed by atoms with Crippen molar-refractivity contribution in [3.63, 3.8) is 0 Å². The van der Waals surface area contributed by atoms with Gasteiger partial charge in [0.2, 0.25) is 5.75 Å². The summed E-state index contributed by atoms with van der Waals surface area (Å²) in [6, 6.07) is 4.77. The summed E-state index contributed by atoms with van der Waals surface area (Å²) in [5.41, 5.74) is 0.961. The number of aromatic nitrogens is 2. The molecule has 1 atom stereocenters. The van der Waals surface area contributed by atoms with E-state index in [1.807, 2.05) is 0 Å². The number of likely N-dealkylation sites (tertiary alicyclic amines) is 1. The number of amides is 1. The number of nitrogens with one attached hydrogen (secondary N) is 1. The average Bonchev–Trinajstić information content (AvgIpc) is 2.71. The predicted molar refractivity (Wildman–Crippen MR) is 104 cm³/mol. The minimum Gasteiger partial charge on any atom is -0.493 e. The second kappa shape index (κ2) is 8.33. The Labute approximate surface area is 163 Å². The van der Waals surface area contributed by atoms with Gasteiger partial charge in [-0.15, -0.1) is 0 Å². The number of carbonyl (C=O) groups is 1. The average molecular weight is 387 g/mol. The molecular weight excluding hydrogens is 362 g/mol. The van der Waals surface area contributed by atoms with E-state index in [1.165, 1.54) is 27.4 Å². The van der Waals surface area contributed by atoms with Crippen molar-refractivity contribution in [2.45, 2.75) is 25.7 Å². The van der Waals surface area contributed by atoms with Crippen LogP contribution in [-0.4, -0.2) is 55.2 Å². The minimum atomic E-state index is -0.171. The highest BCUT2D eigenvalue weighted by atomic mass is 16.5. The van der Waals surface area contributed by atoms with Crippen molar-refractivity contribution in [3.8, 4) is 17.2 Å². The van der Waals surface area contributed by atoms with E-state index >= 15 is 0 Å². The van der Waals surface area contributed by atoms with Crippen LogP contribution in [0.25, 0.3) is 0 Å². The zero-order chi connectivity index (χ0) is 20.3. The molecule has 1 aliphatic rings. The molecule has 2 heterocycles. The second-order valence-electron chi connectivity index (χ2n) is 6.78. The maximum Gasteiger partial charge on any atom is 0.254 e. The first-order valence-corrected chi connectivity index (χ1v) is 9.14. The molecule has 1 aromatic heterocycles. The van der Waals surface area contributed by atoms with Crippen molar-refractivity contribution in [2.24, 2.45) is 0 Å². The van der Waals surface area contributed by atoms with E-state index in [-0.39, 0.29) is 17.4 Å². The molecule has 1 saturated heterocycles. The number of H-pyrrole nitrogens is 1. The number of ether oxygens (including phenoxy) is 3. The Morgan fingerprint density at radius 3 is 2.39 bits per heavy atom. The Kier molecular flexibility index (Phi) is 5.87. The first-order chi connectivity index (χ1) is 13.5. The standard InChI is InChI=1S/C20H25N3O5/c1-12-8-17(24)22-19(21-12)13-6-5-7-23(11-13)20(25)14-9-15(26-2)18(28-4)16(10-14)27-3/h8-10,13H,5-7,11H2,1-4H3,(H,21,22,24)/t13-/m0/s1. The minimum absolute atomic E-state index is 0.00709. The van der Waals surface area contributed by atoms with E-state index in [2.05, 4.69) is 9.97 Å². The Morgan fingerprint density at radius 1 is 1.14 bits per heavy atom. The van der Waals surface area contributed by atoms with Gasteiger partial charge < -0.3 is 24.1 Å². The van der Waals surface area contributed by atoms with Crippen LogP contribution >= 0.6 is 0 Å². The molecule has 8 heteroatoms. The summed E-state index contributed by atoms with van der Waals surface area (Å²) in [4.78, 5) is 33.9. The quantitative estimate of drug-likeness (QED) is 0.845. The lowest BCUT2D eigenvalue weighted by atomic mass is 9.96. The van der Waals surface area contributed by atoms with Crippen LogP contribution in [0.15, 0.2) is 23.0 Å². The van der Waals surface area contributed by atoms with E-state index in [0.717, 1.165) is 12.8 Å². The normalized spacial score (nSPS) is 16.6. The number of rotatable bonds is 5. The van der Waals surface area contributed by atoms with E-state index in [0.29, 0.717) is 47.4 Å². The SMILES string of the molecule is COc1cc(C(=O)N2CCC[C@H](c3nc(C)cc(=O)[nH]3)C2)cc(OC)c1OC. The molecule has 0 aliphatic carbocycles. The monoisotopic (exact) mass is 387 g/mol. The number of benzene rings is 1. The lowest BCUT2D eigenvalue weighted by Crippen LogP contribution is -2.40. The lowest BCUT2D eigenvalue weighted by molar-refractivity contribution is 0.0703. The Morgan fingerprint density at radius 2 is 1.82 bits per heavy atom. The van der Waals surface area contributed by atoms with Gasteiger partial charge in [0.05, 0.1) is 21.3 Å². The molecule has 0 bridgehead atoms. The van der Waals surface area contributed by atoms with Crippen molar-refractivity contribution in [1.82, 2.24) is 14.9 Å². The molecular formula is C20H25N3O5. The third-order valence-electron chi connectivity index (χ3n) is 4.90. The van der Waals surface area contributed by atoms with Crippen molar-refractivity contribution in [1.29, 1.82) is 0 Å². The number of nitrogens with zero attached hydrogens (tertiary/aromatic N) is 2. The highest BCUT2D eigenvalue weighted by Crippen LogP contribution is 2.38. The fourth-order valence-corrected chi connectivity index (χ4v) is 3.57. The molecule has 1 aromatic carbocycles. The summed E-state index contributed by atoms with van der Waals surface area (Å²) in [5.74, 6) is 1.81. The smallest absolute Gasteiger partial charge is 0.254 e. The summed E-state index contributed by atoms with van der Waals surface area (Å²) in [6.45, 7) is 2.92. The molecule has 0 spiro atoms. The van der Waals surface area contributed by atoms with E-state index < -0.39 is 0 Å². The highest BCUT2D eigenvalue weighted by Gasteiger charge is 2.28. The van der Waals surface area contributed by atoms with Gasteiger partial charge >= 0.3 is 0 Å². The van der Waals surface area contributed by atoms with Crippen LogP contribution in [0.5, 0.6) is 17.2 Å². The second-order valence-corrected chi connectivity index (χ2v) is 6.78. The van der Waals surface area contributed by atoms with Crippen LogP contribution in [0.3, 0.4) is 0 Å². The molecule has 1 amide bonds. The summed E-state index contributed by atoms with van der Waals surface area (Å²) < 4.78 is 16.0. The van der Waals surface area contributed by atoms with Gasteiger partial charge in [-0.1, -0.05) is 0 Å². The fourth-order valence-electron chi connectivity index (χ4n) is 3.57. The third-order valence-corrected chi connectivity index (χ3v) is 4.90. The van der Waals surface area contributed by atoms with Gasteiger partial charge in [-0.25, -0.2) is 4.98 Å². The van der Waals surface area contributed by atoms with Crippen LogP contribution < -0.4 is 19.8 Å². The van der Waals surface area contributed by atoms with E-state index in [4.69, 9.17) is 14.2 Å². The molecule has 0 unspecified atom stereocenters. The summed E-state index contributed by atoms with van der Waals surface area (Å²) in [7, 11) is 4.55. The van der Waals surface area contributed by atoms with Crippen molar-refractivity contribution in [2.75, 3.05) is 34.4 Å². The topological polar surface area (TPSA) is 93.8 Å². The molecule has 0 radical (unpaired) electrons. The Balaban J connectivity index is 1.87. The number of aromatic amines is 1. The number of carbonyl (C=O) groups excluding carboxylic acids is 1. The van der Waals surface area contributed by atoms with Gasteiger partial charge in [0.15, 0.2) is 11.5 Å². The van der Waals surface area contributed by atoms with Gasteiger partial charge in [0.1, 0.15) is 5.82 Å². The largest absolute Gasteiger partial charge is 0.493 e. The number of aryl methyl sites for hydroxylation is 1. The Hall–Kier alpha value is -3.03. The van der Waals surface area contributed by atoms with E-state index in [1.54, 1.807) is 24.0 Å². The lowest BCUT2D eigenvalue weighted by Gasteiger charge is -2.32. The van der Waals surface area contributed by atoms with Gasteiger partial charge in [0.25, 0.3) is 11.5 Å². The van der Waals surface area contributed by atoms with Crippen LogP contribution in [0.1, 0.15) is 40.6 Å². The van der Waals surface area contributed by atoms with Crippen LogP contribution in [-0.2, 0) is 0 Å². The third kappa shape index (κ3) is 3.95. The van der Waals surface area contributed by atoms with Gasteiger partial charge in [0, 0.05) is 36.3 Å². The summed E-state index contributed by atoms with van der Waals surface area (Å²) >= 11 is 0. The van der Waals surface area contributed by atoms with Gasteiger partial charge in [-0.3, -0.25) is 9.59 Å². The number of piperidine rings is 1. The van der Waals surface area contributed by atoms with Crippen molar-refractivity contribution >= 4 is 5.91 Å². The van der Waals surface area contributed by atoms with Gasteiger partial charge in [-0.05, 0) is 31.9 Å².